The van der Waals surface area contributed by atoms with E-state index in [0.717, 1.165) is 31.4 Å². The number of nitrogens with two attached hydrogens (primary N) is 1. The average molecular weight is 360 g/mol. The number of carboxylic acid groups (broad SMARTS) is 2. The first-order valence-electron chi connectivity index (χ1n) is 7.35. The summed E-state index contributed by atoms with van der Waals surface area (Å²) < 4.78 is 0. The maximum absolute atomic E-state index is 11.9. The molecule has 0 radical (unpaired) electrons. The van der Waals surface area contributed by atoms with Gasteiger partial charge in [-0.1, -0.05) is 34.4 Å². The molecule has 0 heterocycles. The Hall–Kier alpha value is -1.19. The topological polar surface area (TPSA) is 130 Å². The molecule has 23 heavy (non-hydrogen) atoms. The second-order valence-electron chi connectivity index (χ2n) is 5.76. The number of carbonyl (C=O) groups excluding carboxylic acids is 1. The van der Waals surface area contributed by atoms with Gasteiger partial charge in [0.15, 0.2) is 5.78 Å². The third-order valence-electron chi connectivity index (χ3n) is 4.23. The Kier molecular flexibility index (Phi) is 5.99. The van der Waals surface area contributed by atoms with Gasteiger partial charge >= 0.3 is 11.9 Å². The van der Waals surface area contributed by atoms with E-state index in [-0.39, 0.29) is 17.3 Å². The normalized spacial score (nSPS) is 21.4. The Balaban J connectivity index is 1.83. The number of hydrogen-bond donors (Lipinski definition) is 4. The molecular weight excluding hydrogens is 340 g/mol. The number of nitrogens with one attached hydrogen (secondary N) is 1. The van der Waals surface area contributed by atoms with Gasteiger partial charge in [-0.15, -0.1) is 0 Å². The molecule has 1 saturated carbocycles. The number of aliphatic carboxylic acids is 2. The molecule has 2 aliphatic carbocycles. The van der Waals surface area contributed by atoms with Gasteiger partial charge in [0.2, 0.25) is 0 Å². The van der Waals surface area contributed by atoms with Crippen LogP contribution in [0.4, 0.5) is 0 Å². The van der Waals surface area contributed by atoms with Crippen LogP contribution in [0.1, 0.15) is 25.7 Å². The van der Waals surface area contributed by atoms with Crippen molar-refractivity contribution in [1.29, 1.82) is 0 Å². The molecule has 5 N–H and O–H groups in total. The molecular formula is C14H20N2O5S2. The molecule has 0 amide bonds. The summed E-state index contributed by atoms with van der Waals surface area (Å²) in [5.74, 6) is -1.51. The maximum atomic E-state index is 11.9. The first kappa shape index (κ1) is 18.2. The molecule has 9 heteroatoms. The molecule has 0 aromatic carbocycles. The summed E-state index contributed by atoms with van der Waals surface area (Å²) in [5, 5.41) is 21.0. The van der Waals surface area contributed by atoms with E-state index in [1.54, 1.807) is 0 Å². The number of rotatable bonds is 9. The Morgan fingerprint density at radius 3 is 2.35 bits per heavy atom. The van der Waals surface area contributed by atoms with E-state index in [1.165, 1.54) is 27.7 Å². The zero-order valence-electron chi connectivity index (χ0n) is 12.5. The van der Waals surface area contributed by atoms with Gasteiger partial charge in [0.05, 0.1) is 5.41 Å². The van der Waals surface area contributed by atoms with Gasteiger partial charge < -0.3 is 21.3 Å². The van der Waals surface area contributed by atoms with E-state index in [4.69, 9.17) is 10.8 Å². The molecule has 0 aliphatic heterocycles. The van der Waals surface area contributed by atoms with Crippen LogP contribution in [0.2, 0.25) is 0 Å². The van der Waals surface area contributed by atoms with Crippen molar-refractivity contribution >= 4 is 39.3 Å². The summed E-state index contributed by atoms with van der Waals surface area (Å²) in [5.41, 5.74) is 5.65. The summed E-state index contributed by atoms with van der Waals surface area (Å²) >= 11 is 0. The van der Waals surface area contributed by atoms with Gasteiger partial charge in [-0.25, -0.2) is 4.79 Å². The highest BCUT2D eigenvalue weighted by Crippen LogP contribution is 2.49. The molecule has 0 aromatic heterocycles. The average Bonchev–Trinajstić information content (AvgIpc) is 3.01. The van der Waals surface area contributed by atoms with Crippen LogP contribution in [0.25, 0.3) is 0 Å². The Labute approximate surface area is 141 Å². The van der Waals surface area contributed by atoms with Crippen LogP contribution in [0.3, 0.4) is 0 Å². The molecule has 2 atom stereocenters. The van der Waals surface area contributed by atoms with Crippen LogP contribution in [-0.4, -0.2) is 51.5 Å². The van der Waals surface area contributed by atoms with Gasteiger partial charge in [0, 0.05) is 23.3 Å². The third-order valence-corrected chi connectivity index (χ3v) is 6.68. The zero-order chi connectivity index (χ0) is 17.0. The minimum absolute atomic E-state index is 0.0936. The monoisotopic (exact) mass is 360 g/mol. The molecule has 1 spiro atoms. The van der Waals surface area contributed by atoms with E-state index in [9.17, 15) is 19.5 Å². The number of ketones is 1. The lowest BCUT2D eigenvalue weighted by Gasteiger charge is -2.38. The first-order valence-corrected chi connectivity index (χ1v) is 9.84. The fraction of sp³-hybridized carbons (Fsp3) is 0.643. The predicted molar refractivity (Wildman–Crippen MR) is 89.1 cm³/mol. The fourth-order valence-corrected chi connectivity index (χ4v) is 5.08. The smallest absolute Gasteiger partial charge is 0.327 e. The summed E-state index contributed by atoms with van der Waals surface area (Å²) in [4.78, 5) is 33.9. The first-order chi connectivity index (χ1) is 10.9. The van der Waals surface area contributed by atoms with Gasteiger partial charge in [-0.2, -0.15) is 0 Å². The minimum Gasteiger partial charge on any atom is -0.480 e. The second kappa shape index (κ2) is 7.59. The van der Waals surface area contributed by atoms with Crippen molar-refractivity contribution < 1.29 is 24.6 Å². The summed E-state index contributed by atoms with van der Waals surface area (Å²) in [6, 6.07) is -1.78. The fourth-order valence-electron chi connectivity index (χ4n) is 2.81. The van der Waals surface area contributed by atoms with E-state index in [1.807, 2.05) is 0 Å². The number of carbonyl (C=O) groups is 3. The van der Waals surface area contributed by atoms with Gasteiger partial charge in [-0.05, 0) is 12.8 Å². The molecule has 128 valence electrons. The molecule has 7 nitrogen and oxygen atoms in total. The van der Waals surface area contributed by atoms with Crippen molar-refractivity contribution in [1.82, 2.24) is 5.32 Å². The van der Waals surface area contributed by atoms with Crippen LogP contribution in [0, 0.1) is 5.41 Å². The number of hydrogen-bond acceptors (Lipinski definition) is 7. The summed E-state index contributed by atoms with van der Waals surface area (Å²) in [7, 11) is 2.50. The van der Waals surface area contributed by atoms with Gasteiger partial charge in [-0.3, -0.25) is 9.59 Å². The second-order valence-corrected chi connectivity index (χ2v) is 8.31. The molecule has 2 rings (SSSR count). The third kappa shape index (κ3) is 4.02. The lowest BCUT2D eigenvalue weighted by molar-refractivity contribution is -0.139. The van der Waals surface area contributed by atoms with Crippen molar-refractivity contribution in [3.63, 3.8) is 0 Å². The van der Waals surface area contributed by atoms with Crippen LogP contribution in [0.15, 0.2) is 11.8 Å². The lowest BCUT2D eigenvalue weighted by atomic mass is 9.70. The van der Waals surface area contributed by atoms with Crippen molar-refractivity contribution in [2.75, 3.05) is 11.5 Å². The van der Waals surface area contributed by atoms with Crippen molar-refractivity contribution in [3.8, 4) is 0 Å². The molecule has 1 fully saturated rings. The van der Waals surface area contributed by atoms with E-state index in [2.05, 4.69) is 5.32 Å². The SMILES string of the molecule is N[C@@H](CSSC[C@H](NC1=CC(=O)C12CCCC2)C(=O)O)C(=O)O. The van der Waals surface area contributed by atoms with Crippen LogP contribution >= 0.6 is 21.6 Å². The quantitative estimate of drug-likeness (QED) is 0.349. The number of carboxylic acids is 2. The highest BCUT2D eigenvalue weighted by atomic mass is 33.1. The van der Waals surface area contributed by atoms with Gasteiger partial charge in [0.25, 0.3) is 0 Å². The summed E-state index contributed by atoms with van der Waals surface area (Å²) in [6.07, 6.45) is 5.04. The van der Waals surface area contributed by atoms with E-state index >= 15 is 0 Å². The molecule has 0 bridgehead atoms. The number of allylic oxidation sites excluding steroid dienone is 2. The maximum Gasteiger partial charge on any atom is 0.327 e. The van der Waals surface area contributed by atoms with Crippen molar-refractivity contribution in [3.05, 3.63) is 11.8 Å². The van der Waals surface area contributed by atoms with Crippen LogP contribution < -0.4 is 11.1 Å². The Morgan fingerprint density at radius 1 is 1.22 bits per heavy atom. The van der Waals surface area contributed by atoms with Gasteiger partial charge in [0.1, 0.15) is 12.1 Å². The lowest BCUT2D eigenvalue weighted by Crippen LogP contribution is -2.49. The Bertz CT molecular complexity index is 531. The highest BCUT2D eigenvalue weighted by Gasteiger charge is 2.50. The molecule has 0 saturated heterocycles. The predicted octanol–water partition coefficient (Wildman–Crippen LogP) is 0.849. The largest absolute Gasteiger partial charge is 0.480 e. The van der Waals surface area contributed by atoms with E-state index < -0.39 is 29.4 Å². The highest BCUT2D eigenvalue weighted by molar-refractivity contribution is 8.76. The van der Waals surface area contributed by atoms with Crippen LogP contribution in [-0.2, 0) is 14.4 Å². The molecule has 0 aromatic rings. The molecule has 0 unspecified atom stereocenters. The summed E-state index contributed by atoms with van der Waals surface area (Å²) in [6.45, 7) is 0. The Morgan fingerprint density at radius 2 is 1.83 bits per heavy atom. The minimum atomic E-state index is -1.08. The zero-order valence-corrected chi connectivity index (χ0v) is 14.1. The van der Waals surface area contributed by atoms with E-state index in [0.29, 0.717) is 0 Å². The van der Waals surface area contributed by atoms with Crippen LogP contribution in [0.5, 0.6) is 0 Å². The standard InChI is InChI=1S/C14H20N2O5S2/c15-8(12(18)19)6-22-23-7-9(13(20)21)16-10-5-11(17)14(10)3-1-2-4-14/h5,8-9,16H,1-4,6-7,15H2,(H,18,19)(H,20,21)/t8-,9-/m0/s1. The van der Waals surface area contributed by atoms with Crippen molar-refractivity contribution in [2.45, 2.75) is 37.8 Å². The van der Waals surface area contributed by atoms with Crippen molar-refractivity contribution in [2.24, 2.45) is 11.1 Å². The molecule has 2 aliphatic rings.